The van der Waals surface area contributed by atoms with Crippen molar-refractivity contribution in [2.45, 2.75) is 50.5 Å². The van der Waals surface area contributed by atoms with E-state index in [0.717, 1.165) is 25.5 Å². The monoisotopic (exact) mass is 223 g/mol. The first-order chi connectivity index (χ1) is 7.85. The third kappa shape index (κ3) is 3.08. The van der Waals surface area contributed by atoms with Gasteiger partial charge in [0.25, 0.3) is 0 Å². The van der Waals surface area contributed by atoms with Crippen LogP contribution < -0.4 is 5.32 Å². The van der Waals surface area contributed by atoms with Gasteiger partial charge in [0.2, 0.25) is 0 Å². The van der Waals surface area contributed by atoms with Gasteiger partial charge in [-0.2, -0.15) is 0 Å². The molecule has 1 aliphatic heterocycles. The van der Waals surface area contributed by atoms with E-state index >= 15 is 0 Å². The van der Waals surface area contributed by atoms with Gasteiger partial charge in [0, 0.05) is 6.61 Å². The molecule has 2 nitrogen and oxygen atoms in total. The maximum atomic E-state index is 6.04. The van der Waals surface area contributed by atoms with Crippen molar-refractivity contribution in [1.29, 1.82) is 0 Å². The molecular formula is C14H25NO. The third-order valence-corrected chi connectivity index (χ3v) is 4.02. The van der Waals surface area contributed by atoms with Crippen molar-refractivity contribution in [1.82, 2.24) is 5.32 Å². The molecule has 2 aliphatic rings. The molecule has 0 aromatic carbocycles. The van der Waals surface area contributed by atoms with Crippen molar-refractivity contribution in [2.75, 3.05) is 20.2 Å². The molecule has 1 saturated carbocycles. The molecule has 1 aliphatic carbocycles. The highest BCUT2D eigenvalue weighted by molar-refractivity contribution is 4.98. The van der Waals surface area contributed by atoms with Crippen LogP contribution in [0.4, 0.5) is 0 Å². The van der Waals surface area contributed by atoms with Crippen LogP contribution >= 0.6 is 0 Å². The Morgan fingerprint density at radius 1 is 1.38 bits per heavy atom. The molecule has 0 aromatic heterocycles. The fourth-order valence-corrected chi connectivity index (χ4v) is 3.11. The molecule has 2 rings (SSSR count). The molecule has 0 bridgehead atoms. The second-order valence-electron chi connectivity index (χ2n) is 5.31. The first-order valence-electron chi connectivity index (χ1n) is 6.80. The molecule has 1 heterocycles. The Hall–Kier alpha value is -0.340. The lowest BCUT2D eigenvalue weighted by Crippen LogP contribution is -2.36. The van der Waals surface area contributed by atoms with Gasteiger partial charge in [-0.25, -0.2) is 0 Å². The number of rotatable bonds is 4. The van der Waals surface area contributed by atoms with E-state index in [1.54, 1.807) is 0 Å². The summed E-state index contributed by atoms with van der Waals surface area (Å²) in [7, 11) is 2.01. The number of ether oxygens (including phenoxy) is 1. The van der Waals surface area contributed by atoms with E-state index in [1.807, 2.05) is 7.05 Å². The summed E-state index contributed by atoms with van der Waals surface area (Å²) in [5.74, 6) is 0.767. The molecule has 1 unspecified atom stereocenters. The summed E-state index contributed by atoms with van der Waals surface area (Å²) in [5.41, 5.74) is 0.274. The topological polar surface area (TPSA) is 21.3 Å². The lowest BCUT2D eigenvalue weighted by Gasteiger charge is -2.37. The first kappa shape index (κ1) is 12.1. The largest absolute Gasteiger partial charge is 0.375 e. The molecule has 1 spiro atoms. The van der Waals surface area contributed by atoms with Gasteiger partial charge in [-0.3, -0.25) is 0 Å². The zero-order valence-corrected chi connectivity index (χ0v) is 10.5. The molecule has 92 valence electrons. The number of hydrogen-bond donors (Lipinski definition) is 1. The van der Waals surface area contributed by atoms with Crippen LogP contribution in [0.1, 0.15) is 44.9 Å². The van der Waals surface area contributed by atoms with Gasteiger partial charge < -0.3 is 10.1 Å². The summed E-state index contributed by atoms with van der Waals surface area (Å²) in [4.78, 5) is 0. The summed E-state index contributed by atoms with van der Waals surface area (Å²) in [6.07, 6.45) is 13.8. The van der Waals surface area contributed by atoms with Crippen molar-refractivity contribution < 1.29 is 4.74 Å². The highest BCUT2D eigenvalue weighted by Crippen LogP contribution is 2.42. The molecule has 1 saturated heterocycles. The van der Waals surface area contributed by atoms with E-state index in [0.29, 0.717) is 0 Å². The zero-order chi connectivity index (χ0) is 11.3. The Bertz CT molecular complexity index is 231. The van der Waals surface area contributed by atoms with Crippen molar-refractivity contribution in [2.24, 2.45) is 5.92 Å². The van der Waals surface area contributed by atoms with Crippen LogP contribution in [0.5, 0.6) is 0 Å². The molecule has 0 radical (unpaired) electrons. The van der Waals surface area contributed by atoms with Gasteiger partial charge in [-0.05, 0) is 51.6 Å². The van der Waals surface area contributed by atoms with Crippen LogP contribution in [0, 0.1) is 5.92 Å². The molecular weight excluding hydrogens is 198 g/mol. The quantitative estimate of drug-likeness (QED) is 0.584. The number of hydrogen-bond acceptors (Lipinski definition) is 2. The number of nitrogens with one attached hydrogen (secondary N) is 1. The minimum Gasteiger partial charge on any atom is -0.375 e. The Morgan fingerprint density at radius 2 is 2.19 bits per heavy atom. The van der Waals surface area contributed by atoms with Gasteiger partial charge >= 0.3 is 0 Å². The lowest BCUT2D eigenvalue weighted by molar-refractivity contribution is -0.0853. The van der Waals surface area contributed by atoms with Crippen LogP contribution in [0.3, 0.4) is 0 Å². The van der Waals surface area contributed by atoms with E-state index in [4.69, 9.17) is 4.74 Å². The molecule has 2 heteroatoms. The fraction of sp³-hybridized carbons (Fsp3) is 0.857. The van der Waals surface area contributed by atoms with Gasteiger partial charge in [0.1, 0.15) is 0 Å². The maximum Gasteiger partial charge on any atom is 0.0688 e. The second-order valence-corrected chi connectivity index (χ2v) is 5.31. The summed E-state index contributed by atoms with van der Waals surface area (Å²) in [6.45, 7) is 2.06. The van der Waals surface area contributed by atoms with Gasteiger partial charge in [0.15, 0.2) is 0 Å². The summed E-state index contributed by atoms with van der Waals surface area (Å²) < 4.78 is 6.04. The van der Waals surface area contributed by atoms with E-state index in [-0.39, 0.29) is 5.60 Å². The predicted molar refractivity (Wildman–Crippen MR) is 67.6 cm³/mol. The maximum absolute atomic E-state index is 6.04. The van der Waals surface area contributed by atoms with Crippen LogP contribution in [-0.2, 0) is 4.74 Å². The summed E-state index contributed by atoms with van der Waals surface area (Å²) >= 11 is 0. The third-order valence-electron chi connectivity index (χ3n) is 4.02. The van der Waals surface area contributed by atoms with Gasteiger partial charge in [0.05, 0.1) is 5.60 Å². The molecule has 1 atom stereocenters. The lowest BCUT2D eigenvalue weighted by atomic mass is 9.84. The first-order valence-corrected chi connectivity index (χ1v) is 6.80. The highest BCUT2D eigenvalue weighted by atomic mass is 16.5. The Labute approximate surface area is 99.4 Å². The SMILES string of the molecule is CNCCC=CC1CCOC2(CCCC2)C1. The molecule has 0 aromatic rings. The van der Waals surface area contributed by atoms with Crippen molar-refractivity contribution in [3.63, 3.8) is 0 Å². The Morgan fingerprint density at radius 3 is 2.94 bits per heavy atom. The second kappa shape index (κ2) is 5.83. The van der Waals surface area contributed by atoms with Crippen LogP contribution in [0.15, 0.2) is 12.2 Å². The summed E-state index contributed by atoms with van der Waals surface area (Å²) in [6, 6.07) is 0. The van der Waals surface area contributed by atoms with E-state index in [1.165, 1.54) is 38.5 Å². The minimum atomic E-state index is 0.274. The average molecular weight is 223 g/mol. The Kier molecular flexibility index (Phi) is 4.42. The predicted octanol–water partition coefficient (Wildman–Crippen LogP) is 2.89. The van der Waals surface area contributed by atoms with Crippen LogP contribution in [0.2, 0.25) is 0 Å². The van der Waals surface area contributed by atoms with E-state index in [2.05, 4.69) is 17.5 Å². The standard InChI is InChI=1S/C14H25NO/c1-15-10-5-2-6-13-7-11-16-14(12-13)8-3-4-9-14/h2,6,13,15H,3-5,7-12H2,1H3. The van der Waals surface area contributed by atoms with Crippen molar-refractivity contribution >= 4 is 0 Å². The van der Waals surface area contributed by atoms with Crippen LogP contribution in [-0.4, -0.2) is 25.8 Å². The Balaban J connectivity index is 1.80. The van der Waals surface area contributed by atoms with E-state index < -0.39 is 0 Å². The molecule has 2 fully saturated rings. The minimum absolute atomic E-state index is 0.274. The smallest absolute Gasteiger partial charge is 0.0688 e. The molecule has 16 heavy (non-hydrogen) atoms. The summed E-state index contributed by atoms with van der Waals surface area (Å²) in [5, 5.41) is 3.18. The average Bonchev–Trinajstić information content (AvgIpc) is 2.73. The highest BCUT2D eigenvalue weighted by Gasteiger charge is 2.38. The number of allylic oxidation sites excluding steroid dienone is 1. The van der Waals surface area contributed by atoms with E-state index in [9.17, 15) is 0 Å². The molecule has 0 amide bonds. The zero-order valence-electron chi connectivity index (χ0n) is 10.5. The van der Waals surface area contributed by atoms with Crippen molar-refractivity contribution in [3.8, 4) is 0 Å². The van der Waals surface area contributed by atoms with Gasteiger partial charge in [-0.15, -0.1) is 0 Å². The van der Waals surface area contributed by atoms with Crippen molar-refractivity contribution in [3.05, 3.63) is 12.2 Å². The normalized spacial score (nSPS) is 29.2. The molecule has 1 N–H and O–H groups in total. The van der Waals surface area contributed by atoms with Crippen LogP contribution in [0.25, 0.3) is 0 Å². The van der Waals surface area contributed by atoms with Gasteiger partial charge in [-0.1, -0.05) is 25.0 Å². The fourth-order valence-electron chi connectivity index (χ4n) is 3.11.